The number of hydrogen-bond acceptors (Lipinski definition) is 5. The molecular formula is C12H22O5. The molecule has 0 aromatic carbocycles. The van der Waals surface area contributed by atoms with Crippen LogP contribution in [0.2, 0.25) is 0 Å². The lowest BCUT2D eigenvalue weighted by Crippen LogP contribution is -2.38. The van der Waals surface area contributed by atoms with E-state index >= 15 is 0 Å². The van der Waals surface area contributed by atoms with Crippen LogP contribution in [0.5, 0.6) is 0 Å². The molecule has 3 atom stereocenters. The molecular weight excluding hydrogens is 224 g/mol. The molecule has 2 aliphatic heterocycles. The fraction of sp³-hybridized carbons (Fsp3) is 1.00. The smallest absolute Gasteiger partial charge is 0.163 e. The standard InChI is InChI=1S/C12H22O5/c1-11(2)14-7-9(16-11)10-8(5-6-13)15-12(3,4)17-10/h8-10,13H,5-7H2,1-4H3/t8-,9-,10+/m1/s1. The van der Waals surface area contributed by atoms with E-state index in [-0.39, 0.29) is 24.9 Å². The van der Waals surface area contributed by atoms with Crippen molar-refractivity contribution >= 4 is 0 Å². The Hall–Kier alpha value is -0.200. The van der Waals surface area contributed by atoms with E-state index < -0.39 is 11.6 Å². The van der Waals surface area contributed by atoms with Crippen molar-refractivity contribution in [2.75, 3.05) is 13.2 Å². The van der Waals surface area contributed by atoms with Crippen LogP contribution in [0, 0.1) is 0 Å². The third-order valence-electron chi connectivity index (χ3n) is 3.03. The van der Waals surface area contributed by atoms with Gasteiger partial charge < -0.3 is 24.1 Å². The van der Waals surface area contributed by atoms with E-state index in [0.29, 0.717) is 13.0 Å². The zero-order chi connectivity index (χ0) is 12.7. The first-order chi connectivity index (χ1) is 7.83. The highest BCUT2D eigenvalue weighted by Gasteiger charge is 2.49. The molecule has 0 amide bonds. The predicted octanol–water partition coefficient (Wildman–Crippen LogP) is 1.04. The lowest BCUT2D eigenvalue weighted by atomic mass is 10.1. The van der Waals surface area contributed by atoms with E-state index in [4.69, 9.17) is 24.1 Å². The monoisotopic (exact) mass is 246 g/mol. The van der Waals surface area contributed by atoms with Crippen LogP contribution in [-0.4, -0.2) is 48.2 Å². The molecule has 2 heterocycles. The Bertz CT molecular complexity index is 276. The third-order valence-corrected chi connectivity index (χ3v) is 3.03. The molecule has 0 saturated carbocycles. The van der Waals surface area contributed by atoms with Gasteiger partial charge in [-0.25, -0.2) is 0 Å². The molecule has 0 unspecified atom stereocenters. The van der Waals surface area contributed by atoms with Gasteiger partial charge in [0, 0.05) is 6.61 Å². The van der Waals surface area contributed by atoms with Crippen molar-refractivity contribution in [1.29, 1.82) is 0 Å². The largest absolute Gasteiger partial charge is 0.396 e. The lowest BCUT2D eigenvalue weighted by Gasteiger charge is -2.23. The maximum Gasteiger partial charge on any atom is 0.163 e. The Kier molecular flexibility index (Phi) is 3.49. The molecule has 100 valence electrons. The zero-order valence-corrected chi connectivity index (χ0v) is 10.9. The van der Waals surface area contributed by atoms with Crippen LogP contribution in [-0.2, 0) is 18.9 Å². The predicted molar refractivity (Wildman–Crippen MR) is 60.4 cm³/mol. The molecule has 0 aromatic rings. The third kappa shape index (κ3) is 2.98. The van der Waals surface area contributed by atoms with Gasteiger partial charge in [0.1, 0.15) is 12.2 Å². The van der Waals surface area contributed by atoms with Gasteiger partial charge in [0.05, 0.1) is 12.7 Å². The average molecular weight is 246 g/mol. The van der Waals surface area contributed by atoms with Crippen LogP contribution in [0.15, 0.2) is 0 Å². The van der Waals surface area contributed by atoms with Crippen molar-refractivity contribution < 1.29 is 24.1 Å². The lowest BCUT2D eigenvalue weighted by molar-refractivity contribution is -0.174. The van der Waals surface area contributed by atoms with E-state index in [1.165, 1.54) is 0 Å². The Morgan fingerprint density at radius 1 is 1.06 bits per heavy atom. The summed E-state index contributed by atoms with van der Waals surface area (Å²) in [5.41, 5.74) is 0. The molecule has 17 heavy (non-hydrogen) atoms. The number of aliphatic hydroxyl groups excluding tert-OH is 1. The second kappa shape index (κ2) is 4.48. The molecule has 2 fully saturated rings. The summed E-state index contributed by atoms with van der Waals surface area (Å²) >= 11 is 0. The summed E-state index contributed by atoms with van der Waals surface area (Å²) in [6.45, 7) is 8.09. The van der Waals surface area contributed by atoms with Gasteiger partial charge in [-0.15, -0.1) is 0 Å². The minimum absolute atomic E-state index is 0.0809. The summed E-state index contributed by atoms with van der Waals surface area (Å²) < 4.78 is 23.0. The van der Waals surface area contributed by atoms with Gasteiger partial charge in [0.2, 0.25) is 0 Å². The number of ether oxygens (including phenoxy) is 4. The van der Waals surface area contributed by atoms with E-state index in [0.717, 1.165) is 0 Å². The fourth-order valence-corrected chi connectivity index (χ4v) is 2.41. The van der Waals surface area contributed by atoms with Crippen LogP contribution >= 0.6 is 0 Å². The first-order valence-electron chi connectivity index (χ1n) is 6.11. The van der Waals surface area contributed by atoms with Crippen LogP contribution in [0.3, 0.4) is 0 Å². The van der Waals surface area contributed by atoms with Gasteiger partial charge in [0.25, 0.3) is 0 Å². The zero-order valence-electron chi connectivity index (χ0n) is 10.9. The van der Waals surface area contributed by atoms with Gasteiger partial charge in [-0.2, -0.15) is 0 Å². The molecule has 0 radical (unpaired) electrons. The molecule has 5 nitrogen and oxygen atoms in total. The van der Waals surface area contributed by atoms with Gasteiger partial charge in [0.15, 0.2) is 11.6 Å². The fourth-order valence-electron chi connectivity index (χ4n) is 2.41. The number of hydrogen-bond donors (Lipinski definition) is 1. The second-order valence-electron chi connectivity index (χ2n) is 5.52. The van der Waals surface area contributed by atoms with E-state index in [2.05, 4.69) is 0 Å². The topological polar surface area (TPSA) is 57.2 Å². The van der Waals surface area contributed by atoms with Crippen molar-refractivity contribution in [3.05, 3.63) is 0 Å². The molecule has 5 heteroatoms. The maximum atomic E-state index is 9.05. The van der Waals surface area contributed by atoms with Crippen LogP contribution in [0.25, 0.3) is 0 Å². The molecule has 1 N–H and O–H groups in total. The highest BCUT2D eigenvalue weighted by Crippen LogP contribution is 2.36. The minimum Gasteiger partial charge on any atom is -0.396 e. The summed E-state index contributed by atoms with van der Waals surface area (Å²) in [6, 6.07) is 0. The Balaban J connectivity index is 2.03. The molecule has 0 bridgehead atoms. The number of aliphatic hydroxyl groups is 1. The van der Waals surface area contributed by atoms with E-state index in [1.54, 1.807) is 0 Å². The van der Waals surface area contributed by atoms with Crippen molar-refractivity contribution in [2.45, 2.75) is 64.0 Å². The van der Waals surface area contributed by atoms with Gasteiger partial charge in [-0.3, -0.25) is 0 Å². The van der Waals surface area contributed by atoms with Crippen molar-refractivity contribution in [3.8, 4) is 0 Å². The van der Waals surface area contributed by atoms with Gasteiger partial charge in [-0.1, -0.05) is 0 Å². The first-order valence-corrected chi connectivity index (χ1v) is 6.11. The molecule has 2 aliphatic rings. The van der Waals surface area contributed by atoms with Crippen molar-refractivity contribution in [3.63, 3.8) is 0 Å². The number of rotatable bonds is 3. The molecule has 0 aromatic heterocycles. The van der Waals surface area contributed by atoms with Gasteiger partial charge >= 0.3 is 0 Å². The normalized spacial score (nSPS) is 39.7. The van der Waals surface area contributed by atoms with E-state index in [9.17, 15) is 0 Å². The maximum absolute atomic E-state index is 9.05. The summed E-state index contributed by atoms with van der Waals surface area (Å²) in [4.78, 5) is 0. The first kappa shape index (κ1) is 13.2. The minimum atomic E-state index is -0.624. The molecule has 2 saturated heterocycles. The second-order valence-corrected chi connectivity index (χ2v) is 5.52. The molecule has 0 spiro atoms. The summed E-state index contributed by atoms with van der Waals surface area (Å²) in [6.07, 6.45) is 0.0914. The highest BCUT2D eigenvalue weighted by molar-refractivity contribution is 4.90. The van der Waals surface area contributed by atoms with Crippen molar-refractivity contribution in [2.24, 2.45) is 0 Å². The summed E-state index contributed by atoms with van der Waals surface area (Å²) in [5, 5.41) is 9.05. The van der Waals surface area contributed by atoms with Crippen molar-refractivity contribution in [1.82, 2.24) is 0 Å². The Morgan fingerprint density at radius 3 is 2.29 bits per heavy atom. The summed E-state index contributed by atoms with van der Waals surface area (Å²) in [5.74, 6) is -1.19. The Morgan fingerprint density at radius 2 is 1.76 bits per heavy atom. The molecule has 0 aliphatic carbocycles. The van der Waals surface area contributed by atoms with Crippen LogP contribution in [0.4, 0.5) is 0 Å². The molecule has 2 rings (SSSR count). The summed E-state index contributed by atoms with van der Waals surface area (Å²) in [7, 11) is 0. The van der Waals surface area contributed by atoms with E-state index in [1.807, 2.05) is 27.7 Å². The van der Waals surface area contributed by atoms with Crippen LogP contribution in [0.1, 0.15) is 34.1 Å². The van der Waals surface area contributed by atoms with Gasteiger partial charge in [-0.05, 0) is 34.1 Å². The SMILES string of the molecule is CC1(C)OC[C@H]([C@H]2OC(C)(C)O[C@@H]2CCO)O1. The quantitative estimate of drug-likeness (QED) is 0.806. The average Bonchev–Trinajstić information content (AvgIpc) is 2.67. The van der Waals surface area contributed by atoms with Crippen LogP contribution < -0.4 is 0 Å². The highest BCUT2D eigenvalue weighted by atomic mass is 16.8. The Labute approximate surface area is 102 Å².